The molecule has 0 bridgehead atoms. The van der Waals surface area contributed by atoms with Gasteiger partial charge in [-0.05, 0) is 31.2 Å². The van der Waals surface area contributed by atoms with E-state index in [4.69, 9.17) is 23.7 Å². The van der Waals surface area contributed by atoms with E-state index in [1.807, 2.05) is 6.92 Å². The van der Waals surface area contributed by atoms with Crippen molar-refractivity contribution in [3.63, 3.8) is 0 Å². The first-order valence-electron chi connectivity index (χ1n) is 12.1. The summed E-state index contributed by atoms with van der Waals surface area (Å²) in [5.74, 6) is 2.23. The monoisotopic (exact) mass is 543 g/mol. The summed E-state index contributed by atoms with van der Waals surface area (Å²) in [6.07, 6.45) is 7.76. The number of nitrogens with one attached hydrogen (secondary N) is 1. The van der Waals surface area contributed by atoms with Crippen molar-refractivity contribution >= 4 is 22.6 Å². The van der Waals surface area contributed by atoms with Crippen molar-refractivity contribution in [2.45, 2.75) is 6.92 Å². The molecule has 13 heteroatoms. The molecule has 0 saturated heterocycles. The molecule has 0 atom stereocenters. The van der Waals surface area contributed by atoms with Gasteiger partial charge in [-0.1, -0.05) is 0 Å². The van der Waals surface area contributed by atoms with Crippen LogP contribution < -0.4 is 29.0 Å². The molecule has 4 aromatic heterocycles. The van der Waals surface area contributed by atoms with Crippen molar-refractivity contribution in [3.05, 3.63) is 67.0 Å². The molecule has 0 unspecified atom stereocenters. The predicted molar refractivity (Wildman–Crippen MR) is 144 cm³/mol. The number of amides is 1. The van der Waals surface area contributed by atoms with Crippen LogP contribution in [0.2, 0.25) is 0 Å². The molecule has 0 aliphatic heterocycles. The number of carbonyl (C=O) groups excluding carboxylic acids is 1. The van der Waals surface area contributed by atoms with Crippen molar-refractivity contribution in [2.75, 3.05) is 33.3 Å². The highest BCUT2D eigenvalue weighted by atomic mass is 16.5. The predicted octanol–water partition coefficient (Wildman–Crippen LogP) is 4.07. The fourth-order valence-corrected chi connectivity index (χ4v) is 3.80. The quantitative estimate of drug-likeness (QED) is 0.272. The Morgan fingerprint density at radius 2 is 1.65 bits per heavy atom. The van der Waals surface area contributed by atoms with Gasteiger partial charge in [0, 0.05) is 17.6 Å². The largest absolute Gasteiger partial charge is 0.493 e. The lowest BCUT2D eigenvalue weighted by atomic mass is 10.2. The van der Waals surface area contributed by atoms with Crippen molar-refractivity contribution < 1.29 is 28.5 Å². The molecule has 1 amide bonds. The number of fused-ring (bicyclic) bond motifs is 1. The zero-order valence-corrected chi connectivity index (χ0v) is 22.1. The zero-order chi connectivity index (χ0) is 28.1. The molecule has 5 rings (SSSR count). The minimum atomic E-state index is -0.501. The van der Waals surface area contributed by atoms with Gasteiger partial charge >= 0.3 is 6.01 Å². The summed E-state index contributed by atoms with van der Waals surface area (Å²) < 4.78 is 28.9. The van der Waals surface area contributed by atoms with Gasteiger partial charge in [0.1, 0.15) is 23.0 Å². The first-order valence-corrected chi connectivity index (χ1v) is 12.1. The van der Waals surface area contributed by atoms with E-state index in [0.717, 1.165) is 5.39 Å². The molecule has 13 nitrogen and oxygen atoms in total. The number of methoxy groups -OCH3 is 3. The third kappa shape index (κ3) is 5.38. The Hall–Kier alpha value is -5.46. The van der Waals surface area contributed by atoms with E-state index in [9.17, 15) is 4.79 Å². The SMILES string of the molecule is CCOc1cn(-c2cnc(OC)nc2)nc1C(=O)Nc1ccc(Oc2ccnc3cc(OC)c(OC)cc23)cn1. The summed E-state index contributed by atoms with van der Waals surface area (Å²) in [5, 5.41) is 7.83. The van der Waals surface area contributed by atoms with Gasteiger partial charge in [0.25, 0.3) is 5.91 Å². The minimum Gasteiger partial charge on any atom is -0.493 e. The second-order valence-electron chi connectivity index (χ2n) is 8.12. The van der Waals surface area contributed by atoms with E-state index in [1.165, 1.54) is 30.4 Å². The van der Waals surface area contributed by atoms with Crippen LogP contribution in [-0.4, -0.2) is 63.6 Å². The average molecular weight is 544 g/mol. The highest BCUT2D eigenvalue weighted by molar-refractivity contribution is 6.04. The van der Waals surface area contributed by atoms with Crippen molar-refractivity contribution in [2.24, 2.45) is 0 Å². The standard InChI is InChI=1S/C27H25N7O6/c1-5-39-23-15-34(16-12-30-27(38-4)31-13-16)33-25(23)26(35)32-24-7-6-17(14-29-24)40-20-8-9-28-19-11-22(37-3)21(36-2)10-18(19)20/h6-15H,5H2,1-4H3,(H,29,32,35). The lowest BCUT2D eigenvalue weighted by Gasteiger charge is -2.12. The van der Waals surface area contributed by atoms with Gasteiger partial charge in [0.15, 0.2) is 22.9 Å². The van der Waals surface area contributed by atoms with Crippen LogP contribution in [0.4, 0.5) is 5.82 Å². The molecule has 40 heavy (non-hydrogen) atoms. The highest BCUT2D eigenvalue weighted by Crippen LogP contribution is 2.36. The zero-order valence-electron chi connectivity index (χ0n) is 22.1. The van der Waals surface area contributed by atoms with Crippen molar-refractivity contribution in [3.8, 4) is 40.4 Å². The maximum absolute atomic E-state index is 13.1. The molecule has 0 saturated carbocycles. The molecule has 0 aliphatic carbocycles. The van der Waals surface area contributed by atoms with Crippen LogP contribution in [0.25, 0.3) is 16.6 Å². The number of pyridine rings is 2. The van der Waals surface area contributed by atoms with Crippen LogP contribution >= 0.6 is 0 Å². The lowest BCUT2D eigenvalue weighted by Crippen LogP contribution is -2.15. The van der Waals surface area contributed by atoms with Gasteiger partial charge in [0.2, 0.25) is 0 Å². The van der Waals surface area contributed by atoms with Crippen LogP contribution in [0.3, 0.4) is 0 Å². The van der Waals surface area contributed by atoms with E-state index < -0.39 is 5.91 Å². The molecule has 204 valence electrons. The Labute approximate surface area is 228 Å². The molecular formula is C27H25N7O6. The second-order valence-corrected chi connectivity index (χ2v) is 8.12. The first kappa shape index (κ1) is 26.2. The topological polar surface area (TPSA) is 145 Å². The summed E-state index contributed by atoms with van der Waals surface area (Å²) in [4.78, 5) is 29.9. The van der Waals surface area contributed by atoms with Crippen LogP contribution in [0.1, 0.15) is 17.4 Å². The highest BCUT2D eigenvalue weighted by Gasteiger charge is 2.20. The third-order valence-electron chi connectivity index (χ3n) is 5.67. The Kier molecular flexibility index (Phi) is 7.53. The van der Waals surface area contributed by atoms with E-state index in [2.05, 4.69) is 30.4 Å². The van der Waals surface area contributed by atoms with Gasteiger partial charge in [-0.2, -0.15) is 5.10 Å². The summed E-state index contributed by atoms with van der Waals surface area (Å²) in [6, 6.07) is 8.84. The van der Waals surface area contributed by atoms with Crippen LogP contribution in [0.5, 0.6) is 34.8 Å². The van der Waals surface area contributed by atoms with Crippen molar-refractivity contribution in [1.82, 2.24) is 29.7 Å². The van der Waals surface area contributed by atoms with Crippen LogP contribution in [0, 0.1) is 0 Å². The van der Waals surface area contributed by atoms with E-state index >= 15 is 0 Å². The third-order valence-corrected chi connectivity index (χ3v) is 5.67. The summed E-state index contributed by atoms with van der Waals surface area (Å²) in [5.41, 5.74) is 1.28. The fraction of sp³-hybridized carbons (Fsp3) is 0.185. The van der Waals surface area contributed by atoms with Gasteiger partial charge in [-0.25, -0.2) is 19.6 Å². The molecular weight excluding hydrogens is 518 g/mol. The molecule has 1 aromatic carbocycles. The number of anilines is 1. The van der Waals surface area contributed by atoms with Crippen LogP contribution in [-0.2, 0) is 0 Å². The first-order chi connectivity index (χ1) is 19.5. The second kappa shape index (κ2) is 11.5. The fourth-order valence-electron chi connectivity index (χ4n) is 3.80. The maximum atomic E-state index is 13.1. The smallest absolute Gasteiger partial charge is 0.316 e. The summed E-state index contributed by atoms with van der Waals surface area (Å²) in [6.45, 7) is 2.16. The van der Waals surface area contributed by atoms with Gasteiger partial charge in [0.05, 0.1) is 58.2 Å². The molecule has 4 heterocycles. The van der Waals surface area contributed by atoms with Crippen LogP contribution in [0.15, 0.2) is 61.3 Å². The lowest BCUT2D eigenvalue weighted by molar-refractivity contribution is 0.101. The Morgan fingerprint density at radius 3 is 2.33 bits per heavy atom. The number of carbonyl (C=O) groups is 1. The number of rotatable bonds is 10. The summed E-state index contributed by atoms with van der Waals surface area (Å²) in [7, 11) is 4.60. The summed E-state index contributed by atoms with van der Waals surface area (Å²) >= 11 is 0. The Balaban J connectivity index is 1.33. The van der Waals surface area contributed by atoms with Gasteiger partial charge < -0.3 is 29.0 Å². The minimum absolute atomic E-state index is 0.0763. The Morgan fingerprint density at radius 1 is 0.875 bits per heavy atom. The number of hydrogen-bond donors (Lipinski definition) is 1. The number of aromatic nitrogens is 6. The molecule has 0 aliphatic rings. The number of hydrogen-bond acceptors (Lipinski definition) is 11. The van der Waals surface area contributed by atoms with E-state index in [0.29, 0.717) is 52.4 Å². The van der Waals surface area contributed by atoms with E-state index in [1.54, 1.807) is 56.9 Å². The molecule has 1 N–H and O–H groups in total. The van der Waals surface area contributed by atoms with E-state index in [-0.39, 0.29) is 11.7 Å². The maximum Gasteiger partial charge on any atom is 0.316 e. The molecule has 0 spiro atoms. The number of ether oxygens (including phenoxy) is 5. The molecule has 0 fully saturated rings. The number of benzene rings is 1. The Bertz CT molecular complexity index is 1640. The van der Waals surface area contributed by atoms with Gasteiger partial charge in [-0.3, -0.25) is 9.78 Å². The average Bonchev–Trinajstić information content (AvgIpc) is 3.42. The van der Waals surface area contributed by atoms with Gasteiger partial charge in [-0.15, -0.1) is 0 Å². The van der Waals surface area contributed by atoms with Crippen molar-refractivity contribution in [1.29, 1.82) is 0 Å². The molecule has 5 aromatic rings. The molecule has 0 radical (unpaired) electrons. The number of nitrogens with zero attached hydrogens (tertiary/aromatic N) is 6. The normalized spacial score (nSPS) is 10.7.